The third-order valence-corrected chi connectivity index (χ3v) is 4.75. The first-order valence-corrected chi connectivity index (χ1v) is 8.29. The van der Waals surface area contributed by atoms with Gasteiger partial charge in [-0.3, -0.25) is 9.58 Å². The molecule has 2 aromatic rings. The van der Waals surface area contributed by atoms with Crippen LogP contribution in [0.4, 0.5) is 0 Å². The Morgan fingerprint density at radius 1 is 1.23 bits per heavy atom. The van der Waals surface area contributed by atoms with Crippen molar-refractivity contribution in [1.82, 2.24) is 24.8 Å². The van der Waals surface area contributed by atoms with Gasteiger partial charge in [0.1, 0.15) is 0 Å². The molecule has 4 rings (SSSR count). The molecule has 0 aromatic carbocycles. The summed E-state index contributed by atoms with van der Waals surface area (Å²) in [6.07, 6.45) is 4.73. The van der Waals surface area contributed by atoms with Crippen molar-refractivity contribution in [2.75, 3.05) is 13.1 Å². The molecule has 3 heterocycles. The lowest BCUT2D eigenvalue weighted by Gasteiger charge is -2.21. The van der Waals surface area contributed by atoms with Crippen molar-refractivity contribution in [3.8, 4) is 0 Å². The predicted molar refractivity (Wildman–Crippen MR) is 81.5 cm³/mol. The van der Waals surface area contributed by atoms with Crippen LogP contribution in [0.1, 0.15) is 60.7 Å². The monoisotopic (exact) mass is 301 g/mol. The van der Waals surface area contributed by atoms with Crippen LogP contribution in [-0.4, -0.2) is 37.9 Å². The van der Waals surface area contributed by atoms with Crippen molar-refractivity contribution in [2.24, 2.45) is 0 Å². The van der Waals surface area contributed by atoms with Gasteiger partial charge in [-0.25, -0.2) is 0 Å². The van der Waals surface area contributed by atoms with Crippen molar-refractivity contribution in [3.63, 3.8) is 0 Å². The van der Waals surface area contributed by atoms with E-state index in [-0.39, 0.29) is 0 Å². The van der Waals surface area contributed by atoms with Crippen LogP contribution in [0.2, 0.25) is 0 Å². The van der Waals surface area contributed by atoms with Crippen molar-refractivity contribution in [3.05, 3.63) is 29.2 Å². The number of aromatic nitrogens is 4. The molecule has 0 bridgehead atoms. The zero-order chi connectivity index (χ0) is 15.1. The van der Waals surface area contributed by atoms with Crippen molar-refractivity contribution in [2.45, 2.75) is 58.0 Å². The highest BCUT2D eigenvalue weighted by Gasteiger charge is 2.34. The molecule has 118 valence electrons. The maximum atomic E-state index is 5.43. The quantitative estimate of drug-likeness (QED) is 0.849. The highest BCUT2D eigenvalue weighted by molar-refractivity contribution is 5.07. The number of hydrogen-bond donors (Lipinski definition) is 0. The van der Waals surface area contributed by atoms with Gasteiger partial charge in [0, 0.05) is 18.2 Å². The van der Waals surface area contributed by atoms with E-state index in [1.165, 1.54) is 25.0 Å². The zero-order valence-corrected chi connectivity index (χ0v) is 13.3. The summed E-state index contributed by atoms with van der Waals surface area (Å²) in [6.45, 7) is 7.17. The van der Waals surface area contributed by atoms with Crippen LogP contribution in [0.15, 0.2) is 10.6 Å². The maximum Gasteiger partial charge on any atom is 0.229 e. The summed E-state index contributed by atoms with van der Waals surface area (Å²) in [5, 5.41) is 8.78. The molecule has 0 spiro atoms. The van der Waals surface area contributed by atoms with E-state index in [1.807, 2.05) is 6.92 Å². The lowest BCUT2D eigenvalue weighted by Crippen LogP contribution is -2.28. The van der Waals surface area contributed by atoms with Gasteiger partial charge >= 0.3 is 0 Å². The molecule has 0 N–H and O–H groups in total. The van der Waals surface area contributed by atoms with E-state index in [0.717, 1.165) is 43.5 Å². The number of rotatable bonds is 5. The van der Waals surface area contributed by atoms with Crippen LogP contribution in [0.25, 0.3) is 0 Å². The molecule has 2 aromatic heterocycles. The van der Waals surface area contributed by atoms with Crippen LogP contribution in [0, 0.1) is 13.8 Å². The van der Waals surface area contributed by atoms with Gasteiger partial charge in [0.15, 0.2) is 5.82 Å². The van der Waals surface area contributed by atoms with Gasteiger partial charge in [-0.05, 0) is 52.1 Å². The van der Waals surface area contributed by atoms with Crippen LogP contribution >= 0.6 is 0 Å². The van der Waals surface area contributed by atoms with E-state index in [2.05, 4.69) is 37.8 Å². The predicted octanol–water partition coefficient (Wildman–Crippen LogP) is 2.60. The van der Waals surface area contributed by atoms with Crippen molar-refractivity contribution >= 4 is 0 Å². The fourth-order valence-corrected chi connectivity index (χ4v) is 3.39. The molecule has 22 heavy (non-hydrogen) atoms. The van der Waals surface area contributed by atoms with Crippen molar-refractivity contribution in [1.29, 1.82) is 0 Å². The second-order valence-corrected chi connectivity index (χ2v) is 6.61. The molecule has 6 heteroatoms. The molecule has 1 aliphatic carbocycles. The number of likely N-dealkylation sites (tertiary alicyclic amines) is 1. The molecule has 2 aliphatic rings. The SMILES string of the molecule is Cc1cc(C)n(CCN2CCC[C@@H]2c2noc(C3CC3)n2)n1. The normalized spacial score (nSPS) is 22.5. The molecule has 1 atom stereocenters. The summed E-state index contributed by atoms with van der Waals surface area (Å²) in [6, 6.07) is 2.44. The topological polar surface area (TPSA) is 60.0 Å². The highest BCUT2D eigenvalue weighted by atomic mass is 16.5. The van der Waals surface area contributed by atoms with Crippen LogP contribution in [0.5, 0.6) is 0 Å². The molecule has 6 nitrogen and oxygen atoms in total. The summed E-state index contributed by atoms with van der Waals surface area (Å²) < 4.78 is 7.52. The second kappa shape index (κ2) is 5.50. The average molecular weight is 301 g/mol. The molecule has 1 aliphatic heterocycles. The first-order chi connectivity index (χ1) is 10.7. The summed E-state index contributed by atoms with van der Waals surface area (Å²) in [7, 11) is 0. The third-order valence-electron chi connectivity index (χ3n) is 4.75. The lowest BCUT2D eigenvalue weighted by molar-refractivity contribution is 0.229. The van der Waals surface area contributed by atoms with Gasteiger partial charge < -0.3 is 4.52 Å². The largest absolute Gasteiger partial charge is 0.339 e. The van der Waals surface area contributed by atoms with Gasteiger partial charge in [0.2, 0.25) is 5.89 Å². The van der Waals surface area contributed by atoms with E-state index in [0.29, 0.717) is 12.0 Å². The van der Waals surface area contributed by atoms with Crippen LogP contribution in [0.3, 0.4) is 0 Å². The van der Waals surface area contributed by atoms with Gasteiger partial charge in [0.05, 0.1) is 18.3 Å². The Labute approximate surface area is 130 Å². The van der Waals surface area contributed by atoms with Crippen molar-refractivity contribution < 1.29 is 4.52 Å². The minimum absolute atomic E-state index is 0.313. The number of hydrogen-bond acceptors (Lipinski definition) is 5. The fraction of sp³-hybridized carbons (Fsp3) is 0.688. The van der Waals surface area contributed by atoms with E-state index in [4.69, 9.17) is 4.52 Å². The molecule has 1 saturated heterocycles. The molecule has 0 amide bonds. The minimum Gasteiger partial charge on any atom is -0.339 e. The summed E-state index contributed by atoms with van der Waals surface area (Å²) in [5.74, 6) is 2.26. The number of nitrogens with zero attached hydrogens (tertiary/aromatic N) is 5. The first kappa shape index (κ1) is 13.9. The molecule has 0 unspecified atom stereocenters. The van der Waals surface area contributed by atoms with E-state index < -0.39 is 0 Å². The lowest BCUT2D eigenvalue weighted by atomic mass is 10.2. The Morgan fingerprint density at radius 3 is 2.82 bits per heavy atom. The van der Waals surface area contributed by atoms with E-state index in [9.17, 15) is 0 Å². The smallest absolute Gasteiger partial charge is 0.229 e. The molecular formula is C16H23N5O. The Morgan fingerprint density at radius 2 is 2.09 bits per heavy atom. The fourth-order valence-electron chi connectivity index (χ4n) is 3.39. The standard InChI is InChI=1S/C16H23N5O/c1-11-10-12(2)21(18-11)9-8-20-7-3-4-14(20)15-17-16(22-19-15)13-5-6-13/h10,13-14H,3-9H2,1-2H3/t14-/m1/s1. The summed E-state index contributed by atoms with van der Waals surface area (Å²) in [5.41, 5.74) is 2.31. The molecule has 1 saturated carbocycles. The van der Waals surface area contributed by atoms with E-state index >= 15 is 0 Å². The highest BCUT2D eigenvalue weighted by Crippen LogP contribution is 2.40. The van der Waals surface area contributed by atoms with Gasteiger partial charge in [-0.15, -0.1) is 0 Å². The maximum absolute atomic E-state index is 5.43. The molecule has 2 fully saturated rings. The van der Waals surface area contributed by atoms with E-state index in [1.54, 1.807) is 0 Å². The van der Waals surface area contributed by atoms with Gasteiger partial charge in [-0.1, -0.05) is 5.16 Å². The molecular weight excluding hydrogens is 278 g/mol. The Balaban J connectivity index is 1.42. The van der Waals surface area contributed by atoms with Gasteiger partial charge in [-0.2, -0.15) is 10.1 Å². The summed E-state index contributed by atoms with van der Waals surface area (Å²) in [4.78, 5) is 7.11. The van der Waals surface area contributed by atoms with Gasteiger partial charge in [0.25, 0.3) is 0 Å². The summed E-state index contributed by atoms with van der Waals surface area (Å²) >= 11 is 0. The number of aryl methyl sites for hydroxylation is 2. The van der Waals surface area contributed by atoms with Crippen LogP contribution in [-0.2, 0) is 6.54 Å². The Hall–Kier alpha value is -1.69. The van der Waals surface area contributed by atoms with Crippen LogP contribution < -0.4 is 0 Å². The average Bonchev–Trinajstić information content (AvgIpc) is 2.93. The molecule has 0 radical (unpaired) electrons. The zero-order valence-electron chi connectivity index (χ0n) is 13.3. The Bertz CT molecular complexity index is 657. The minimum atomic E-state index is 0.313. The third kappa shape index (κ3) is 2.67. The second-order valence-electron chi connectivity index (χ2n) is 6.61. The Kier molecular flexibility index (Phi) is 3.48. The first-order valence-electron chi connectivity index (χ1n) is 8.29.